The average Bonchev–Trinajstić information content (AvgIpc) is 2.54. The predicted octanol–water partition coefficient (Wildman–Crippen LogP) is 0.815. The number of nitrogens with zero attached hydrogens (tertiary/aromatic N) is 4. The van der Waals surface area contributed by atoms with Gasteiger partial charge in [0.05, 0.1) is 5.56 Å². The van der Waals surface area contributed by atoms with Crippen LogP contribution in [-0.2, 0) is 0 Å². The van der Waals surface area contributed by atoms with Crippen LogP contribution in [0.25, 0.3) is 11.5 Å². The fourth-order valence-corrected chi connectivity index (χ4v) is 0.873. The molecule has 2 aromatic heterocycles. The lowest BCUT2D eigenvalue weighted by molar-refractivity contribution is 0.468. The van der Waals surface area contributed by atoms with E-state index in [1.54, 1.807) is 12.4 Å². The lowest BCUT2D eigenvalue weighted by Gasteiger charge is -1.88. The minimum atomic E-state index is 0.230. The van der Waals surface area contributed by atoms with E-state index in [9.17, 15) is 0 Å². The molecule has 60 valence electrons. The summed E-state index contributed by atoms with van der Waals surface area (Å²) in [5, 5.41) is 7.53. The molecule has 0 aromatic carbocycles. The van der Waals surface area contributed by atoms with Crippen molar-refractivity contribution in [3.63, 3.8) is 0 Å². The van der Waals surface area contributed by atoms with Crippen LogP contribution >= 0.6 is 12.6 Å². The molecule has 0 saturated heterocycles. The van der Waals surface area contributed by atoms with Crippen molar-refractivity contribution in [2.45, 2.75) is 5.22 Å². The highest BCUT2D eigenvalue weighted by molar-refractivity contribution is 7.80. The van der Waals surface area contributed by atoms with E-state index in [4.69, 9.17) is 4.42 Å². The Labute approximate surface area is 73.3 Å². The highest BCUT2D eigenvalue weighted by atomic mass is 32.1. The monoisotopic (exact) mass is 180 g/mol. The standard InChI is InChI=1S/C6H4N4OS/c12-6-10-9-5(11-6)4-1-7-3-8-2-4/h1-3H,(H,10,12). The van der Waals surface area contributed by atoms with Crippen molar-refractivity contribution in [2.75, 3.05) is 0 Å². The number of hydrogen-bond acceptors (Lipinski definition) is 6. The van der Waals surface area contributed by atoms with Crippen LogP contribution in [0.2, 0.25) is 0 Å². The van der Waals surface area contributed by atoms with E-state index in [2.05, 4.69) is 32.8 Å². The van der Waals surface area contributed by atoms with Gasteiger partial charge in [0.25, 0.3) is 11.1 Å². The second kappa shape index (κ2) is 2.90. The van der Waals surface area contributed by atoms with Crippen LogP contribution in [0.4, 0.5) is 0 Å². The second-order valence-corrected chi connectivity index (χ2v) is 2.40. The lowest BCUT2D eigenvalue weighted by atomic mass is 10.3. The summed E-state index contributed by atoms with van der Waals surface area (Å²) in [7, 11) is 0. The van der Waals surface area contributed by atoms with E-state index >= 15 is 0 Å². The molecule has 2 rings (SSSR count). The van der Waals surface area contributed by atoms with E-state index in [1.165, 1.54) is 6.33 Å². The number of rotatable bonds is 1. The third-order valence-corrected chi connectivity index (χ3v) is 1.40. The summed E-state index contributed by atoms with van der Waals surface area (Å²) in [4.78, 5) is 7.61. The quantitative estimate of drug-likeness (QED) is 0.658. The molecule has 0 aliphatic rings. The Kier molecular flexibility index (Phi) is 1.75. The Bertz CT molecular complexity index is 374. The molecule has 12 heavy (non-hydrogen) atoms. The van der Waals surface area contributed by atoms with Gasteiger partial charge in [-0.25, -0.2) is 9.97 Å². The van der Waals surface area contributed by atoms with E-state index < -0.39 is 0 Å². The lowest BCUT2D eigenvalue weighted by Crippen LogP contribution is -1.81. The van der Waals surface area contributed by atoms with Gasteiger partial charge in [0.2, 0.25) is 0 Å². The first kappa shape index (κ1) is 7.23. The Morgan fingerprint density at radius 1 is 1.17 bits per heavy atom. The third-order valence-electron chi connectivity index (χ3n) is 1.22. The second-order valence-electron chi connectivity index (χ2n) is 2.02. The van der Waals surface area contributed by atoms with Gasteiger partial charge in [0.1, 0.15) is 6.33 Å². The Morgan fingerprint density at radius 2 is 1.92 bits per heavy atom. The fourth-order valence-electron chi connectivity index (χ4n) is 0.742. The van der Waals surface area contributed by atoms with Gasteiger partial charge in [0, 0.05) is 12.4 Å². The topological polar surface area (TPSA) is 64.7 Å². The van der Waals surface area contributed by atoms with Gasteiger partial charge in [-0.2, -0.15) is 0 Å². The minimum absolute atomic E-state index is 0.230. The number of thiol groups is 1. The van der Waals surface area contributed by atoms with E-state index in [1.807, 2.05) is 0 Å². The Morgan fingerprint density at radius 3 is 2.50 bits per heavy atom. The number of hydrogen-bond donors (Lipinski definition) is 1. The highest BCUT2D eigenvalue weighted by Gasteiger charge is 2.05. The van der Waals surface area contributed by atoms with Crippen molar-refractivity contribution < 1.29 is 4.42 Å². The first-order chi connectivity index (χ1) is 5.86. The summed E-state index contributed by atoms with van der Waals surface area (Å²) < 4.78 is 5.03. The summed E-state index contributed by atoms with van der Waals surface area (Å²) in [6.07, 6.45) is 4.61. The average molecular weight is 180 g/mol. The van der Waals surface area contributed by atoms with Crippen LogP contribution in [0.1, 0.15) is 0 Å². The molecule has 0 amide bonds. The van der Waals surface area contributed by atoms with Gasteiger partial charge in [-0.05, 0) is 0 Å². The molecule has 0 saturated carbocycles. The smallest absolute Gasteiger partial charge is 0.273 e. The molecule has 5 nitrogen and oxygen atoms in total. The van der Waals surface area contributed by atoms with Gasteiger partial charge in [0.15, 0.2) is 0 Å². The molecule has 0 aliphatic heterocycles. The summed E-state index contributed by atoms with van der Waals surface area (Å²) >= 11 is 3.87. The zero-order valence-electron chi connectivity index (χ0n) is 5.88. The molecule has 0 fully saturated rings. The summed E-state index contributed by atoms with van der Waals surface area (Å²) in [6, 6.07) is 0. The van der Waals surface area contributed by atoms with Crippen LogP contribution in [0, 0.1) is 0 Å². The third kappa shape index (κ3) is 1.28. The Balaban J connectivity index is 2.45. The first-order valence-electron chi connectivity index (χ1n) is 3.14. The van der Waals surface area contributed by atoms with Crippen molar-refractivity contribution in [1.82, 2.24) is 20.2 Å². The largest absolute Gasteiger partial charge is 0.411 e. The Hall–Kier alpha value is -1.43. The molecule has 0 atom stereocenters. The molecule has 0 N–H and O–H groups in total. The molecule has 0 radical (unpaired) electrons. The van der Waals surface area contributed by atoms with Crippen molar-refractivity contribution >= 4 is 12.6 Å². The predicted molar refractivity (Wildman–Crippen MR) is 42.6 cm³/mol. The maximum Gasteiger partial charge on any atom is 0.273 e. The molecule has 0 unspecified atom stereocenters. The van der Waals surface area contributed by atoms with Gasteiger partial charge >= 0.3 is 0 Å². The summed E-state index contributed by atoms with van der Waals surface area (Å²) in [5.41, 5.74) is 0.685. The van der Waals surface area contributed by atoms with Crippen LogP contribution in [0.15, 0.2) is 28.4 Å². The van der Waals surface area contributed by atoms with E-state index in [0.29, 0.717) is 11.5 Å². The van der Waals surface area contributed by atoms with Crippen molar-refractivity contribution in [3.8, 4) is 11.5 Å². The van der Waals surface area contributed by atoms with Crippen molar-refractivity contribution in [3.05, 3.63) is 18.7 Å². The first-order valence-corrected chi connectivity index (χ1v) is 3.59. The maximum absolute atomic E-state index is 5.03. The molecule has 6 heteroatoms. The van der Waals surface area contributed by atoms with Crippen molar-refractivity contribution in [2.24, 2.45) is 0 Å². The molecular weight excluding hydrogens is 176 g/mol. The highest BCUT2D eigenvalue weighted by Crippen LogP contribution is 2.15. The SMILES string of the molecule is Sc1nnc(-c2cncnc2)o1. The van der Waals surface area contributed by atoms with Crippen LogP contribution in [-0.4, -0.2) is 20.2 Å². The normalized spacial score (nSPS) is 10.1. The van der Waals surface area contributed by atoms with Gasteiger partial charge < -0.3 is 4.42 Å². The van der Waals surface area contributed by atoms with E-state index in [0.717, 1.165) is 0 Å². The molecule has 2 heterocycles. The van der Waals surface area contributed by atoms with Crippen LogP contribution < -0.4 is 0 Å². The summed E-state index contributed by atoms with van der Waals surface area (Å²) in [5.74, 6) is 0.376. The molecule has 0 aliphatic carbocycles. The van der Waals surface area contributed by atoms with Crippen LogP contribution in [0.3, 0.4) is 0 Å². The van der Waals surface area contributed by atoms with Crippen LogP contribution in [0.5, 0.6) is 0 Å². The zero-order valence-corrected chi connectivity index (χ0v) is 6.77. The molecule has 2 aromatic rings. The van der Waals surface area contributed by atoms with Gasteiger partial charge in [-0.1, -0.05) is 12.6 Å². The molecular formula is C6H4N4OS. The minimum Gasteiger partial charge on any atom is -0.411 e. The van der Waals surface area contributed by atoms with Gasteiger partial charge in [-0.3, -0.25) is 0 Å². The maximum atomic E-state index is 5.03. The summed E-state index contributed by atoms with van der Waals surface area (Å²) in [6.45, 7) is 0. The number of aromatic nitrogens is 4. The van der Waals surface area contributed by atoms with Gasteiger partial charge in [-0.15, -0.1) is 10.2 Å². The molecule has 0 spiro atoms. The fraction of sp³-hybridized carbons (Fsp3) is 0. The zero-order chi connectivity index (χ0) is 8.39. The molecule has 0 bridgehead atoms. The van der Waals surface area contributed by atoms with E-state index in [-0.39, 0.29) is 5.22 Å². The van der Waals surface area contributed by atoms with Crippen molar-refractivity contribution in [1.29, 1.82) is 0 Å².